The molecule has 2 aliphatic rings. The van der Waals surface area contributed by atoms with Crippen LogP contribution in [0.4, 0.5) is 0 Å². The van der Waals surface area contributed by atoms with Crippen LogP contribution < -0.4 is 10.1 Å². The highest BCUT2D eigenvalue weighted by Gasteiger charge is 2.37. The number of allylic oxidation sites excluding steroid dienone is 1. The van der Waals surface area contributed by atoms with Crippen LogP contribution in [0.2, 0.25) is 0 Å². The normalized spacial score (nSPS) is 20.0. The number of nitrogens with zero attached hydrogens (tertiary/aromatic N) is 2. The molecule has 152 valence electrons. The number of hydrogen-bond donors (Lipinski definition) is 1. The molecule has 0 fully saturated rings. The van der Waals surface area contributed by atoms with Gasteiger partial charge in [0.05, 0.1) is 7.11 Å². The first-order valence-corrected chi connectivity index (χ1v) is 10.3. The van der Waals surface area contributed by atoms with Crippen LogP contribution in [0.15, 0.2) is 53.0 Å². The van der Waals surface area contributed by atoms with Crippen molar-refractivity contribution in [1.29, 1.82) is 0 Å². The lowest BCUT2D eigenvalue weighted by molar-refractivity contribution is -0.413. The minimum Gasteiger partial charge on any atom is -0.497 e. The summed E-state index contributed by atoms with van der Waals surface area (Å²) in [6.45, 7) is 1.35. The number of fused-ring (bicyclic) bond motifs is 1. The Morgan fingerprint density at radius 1 is 1.31 bits per heavy atom. The molecular weight excluding hydrogens is 386 g/mol. The third-order valence-corrected chi connectivity index (χ3v) is 5.92. The van der Waals surface area contributed by atoms with Crippen LogP contribution in [0.5, 0.6) is 5.75 Å². The molecule has 0 aromatic heterocycles. The Morgan fingerprint density at radius 3 is 2.69 bits per heavy atom. The standard InChI is InChI=1S/C22H25N3O3S/c1-24(2)12-11-23-21(26)16-7-10-19-18(14-16)25(3)22(27)20(29-19)13-15-5-8-17(28-4)9-6-15/h5-10,13-14,19H,11-12H2,1-4H3/p+1/b20-13-. The number of nitrogens with one attached hydrogen (secondary N) is 1. The maximum Gasteiger partial charge on any atom is 0.425 e. The van der Waals surface area contributed by atoms with Crippen LogP contribution in [0.25, 0.3) is 6.08 Å². The molecule has 3 rings (SSSR count). The number of amides is 2. The Morgan fingerprint density at radius 2 is 2.03 bits per heavy atom. The maximum absolute atomic E-state index is 12.9. The van der Waals surface area contributed by atoms with Gasteiger partial charge in [-0.2, -0.15) is 4.58 Å². The van der Waals surface area contributed by atoms with Crippen LogP contribution in [-0.4, -0.2) is 73.6 Å². The minimum absolute atomic E-state index is 0.000485. The van der Waals surface area contributed by atoms with Crippen LogP contribution in [0.1, 0.15) is 5.56 Å². The number of likely N-dealkylation sites (N-methyl/N-ethyl adjacent to an activating group) is 2. The average Bonchev–Trinajstić information content (AvgIpc) is 2.71. The Labute approximate surface area is 175 Å². The summed E-state index contributed by atoms with van der Waals surface area (Å²) in [5.41, 5.74) is 2.33. The van der Waals surface area contributed by atoms with E-state index >= 15 is 0 Å². The lowest BCUT2D eigenvalue weighted by Gasteiger charge is -2.21. The number of carbonyl (C=O) groups excluding carboxylic acids is 2. The van der Waals surface area contributed by atoms with Gasteiger partial charge in [-0.15, -0.1) is 0 Å². The van der Waals surface area contributed by atoms with E-state index in [0.717, 1.165) is 23.6 Å². The molecule has 1 unspecified atom stereocenters. The zero-order chi connectivity index (χ0) is 21.0. The highest BCUT2D eigenvalue weighted by Crippen LogP contribution is 2.33. The molecule has 1 N–H and O–H groups in total. The van der Waals surface area contributed by atoms with E-state index in [4.69, 9.17) is 4.74 Å². The summed E-state index contributed by atoms with van der Waals surface area (Å²) in [7, 11) is 7.30. The molecule has 1 heterocycles. The van der Waals surface area contributed by atoms with Crippen LogP contribution in [-0.2, 0) is 9.59 Å². The van der Waals surface area contributed by atoms with Gasteiger partial charge in [0.25, 0.3) is 5.91 Å². The van der Waals surface area contributed by atoms with Crippen molar-refractivity contribution in [3.63, 3.8) is 0 Å². The molecule has 1 aromatic rings. The Kier molecular flexibility index (Phi) is 6.71. The third-order valence-electron chi connectivity index (χ3n) is 4.72. The summed E-state index contributed by atoms with van der Waals surface area (Å²) in [5, 5.41) is 2.91. The van der Waals surface area contributed by atoms with Crippen molar-refractivity contribution < 1.29 is 18.9 Å². The van der Waals surface area contributed by atoms with Gasteiger partial charge in [-0.1, -0.05) is 36.0 Å². The first-order valence-electron chi connectivity index (χ1n) is 9.39. The van der Waals surface area contributed by atoms with Crippen LogP contribution in [0, 0.1) is 0 Å². The van der Waals surface area contributed by atoms with E-state index in [1.54, 1.807) is 18.7 Å². The molecule has 1 aromatic carbocycles. The molecule has 2 amide bonds. The first kappa shape index (κ1) is 21.1. The number of hydrogen-bond acceptors (Lipinski definition) is 5. The van der Waals surface area contributed by atoms with Crippen molar-refractivity contribution >= 4 is 35.4 Å². The molecule has 0 saturated carbocycles. The monoisotopic (exact) mass is 412 g/mol. The van der Waals surface area contributed by atoms with Crippen LogP contribution >= 0.6 is 11.8 Å². The Bertz CT molecular complexity index is 927. The van der Waals surface area contributed by atoms with Crippen LogP contribution in [0.3, 0.4) is 0 Å². The summed E-state index contributed by atoms with van der Waals surface area (Å²) in [6.07, 6.45) is 7.51. The number of thioether (sulfide) groups is 1. The predicted molar refractivity (Wildman–Crippen MR) is 117 cm³/mol. The maximum atomic E-state index is 12.9. The lowest BCUT2D eigenvalue weighted by atomic mass is 10.0. The molecule has 0 spiro atoms. The summed E-state index contributed by atoms with van der Waals surface area (Å²) >= 11 is 1.50. The summed E-state index contributed by atoms with van der Waals surface area (Å²) in [6, 6.07) is 7.59. The highest BCUT2D eigenvalue weighted by atomic mass is 32.2. The Hall–Kier alpha value is -2.64. The minimum atomic E-state index is -0.125. The van der Waals surface area contributed by atoms with E-state index in [1.165, 1.54) is 11.8 Å². The van der Waals surface area contributed by atoms with Crippen molar-refractivity contribution in [2.75, 3.05) is 41.3 Å². The van der Waals surface area contributed by atoms with Gasteiger partial charge in [-0.05, 0) is 37.9 Å². The second-order valence-electron chi connectivity index (χ2n) is 7.13. The predicted octanol–water partition coefficient (Wildman–Crippen LogP) is 1.94. The summed E-state index contributed by atoms with van der Waals surface area (Å²) in [5.74, 6) is 0.578. The number of ether oxygens (including phenoxy) is 1. The van der Waals surface area contributed by atoms with E-state index in [1.807, 2.05) is 67.6 Å². The largest absolute Gasteiger partial charge is 0.497 e. The van der Waals surface area contributed by atoms with Gasteiger partial charge >= 0.3 is 5.91 Å². The van der Waals surface area contributed by atoms with Gasteiger partial charge in [0, 0.05) is 24.7 Å². The zero-order valence-corrected chi connectivity index (χ0v) is 18.0. The smallest absolute Gasteiger partial charge is 0.425 e. The fourth-order valence-electron chi connectivity index (χ4n) is 3.02. The summed E-state index contributed by atoms with van der Waals surface area (Å²) in [4.78, 5) is 27.9. The van der Waals surface area contributed by atoms with Crippen molar-refractivity contribution in [3.8, 4) is 5.75 Å². The lowest BCUT2D eigenvalue weighted by Crippen LogP contribution is -2.38. The SMILES string of the molecule is COc1ccc(/C=C2\SC3C=CC(C(=O)NCCN(C)C)=CC3=[N+](C)C2=O)cc1. The van der Waals surface area contributed by atoms with Gasteiger partial charge in [0.15, 0.2) is 0 Å². The number of methoxy groups -OCH3 is 1. The van der Waals surface area contributed by atoms with Gasteiger partial charge in [0.1, 0.15) is 23.0 Å². The van der Waals surface area contributed by atoms with E-state index < -0.39 is 0 Å². The molecule has 1 aliphatic carbocycles. The van der Waals surface area contributed by atoms with Crippen molar-refractivity contribution in [1.82, 2.24) is 10.2 Å². The topological polar surface area (TPSA) is 61.6 Å². The Balaban J connectivity index is 1.79. The van der Waals surface area contributed by atoms with E-state index in [0.29, 0.717) is 17.0 Å². The molecule has 29 heavy (non-hydrogen) atoms. The number of carbonyl (C=O) groups is 2. The second-order valence-corrected chi connectivity index (χ2v) is 8.31. The quantitative estimate of drug-likeness (QED) is 0.572. The second kappa shape index (κ2) is 9.24. The van der Waals surface area contributed by atoms with E-state index in [-0.39, 0.29) is 17.1 Å². The average molecular weight is 413 g/mol. The third kappa shape index (κ3) is 5.05. The van der Waals surface area contributed by atoms with E-state index in [9.17, 15) is 9.59 Å². The molecule has 7 heteroatoms. The van der Waals surface area contributed by atoms with Gasteiger partial charge in [-0.25, -0.2) is 4.79 Å². The van der Waals surface area contributed by atoms with Crippen molar-refractivity contribution in [2.45, 2.75) is 5.25 Å². The molecule has 1 atom stereocenters. The molecule has 6 nitrogen and oxygen atoms in total. The van der Waals surface area contributed by atoms with Crippen molar-refractivity contribution in [3.05, 3.63) is 58.5 Å². The fraction of sp³-hybridized carbons (Fsp3) is 0.318. The van der Waals surface area contributed by atoms with E-state index in [2.05, 4.69) is 5.32 Å². The summed E-state index contributed by atoms with van der Waals surface area (Å²) < 4.78 is 6.81. The fourth-order valence-corrected chi connectivity index (χ4v) is 4.24. The molecule has 0 bridgehead atoms. The molecule has 1 aliphatic heterocycles. The van der Waals surface area contributed by atoms with Gasteiger partial charge in [-0.3, -0.25) is 4.79 Å². The number of rotatable bonds is 6. The zero-order valence-electron chi connectivity index (χ0n) is 17.1. The first-order chi connectivity index (χ1) is 13.9. The molecule has 0 saturated heterocycles. The highest BCUT2D eigenvalue weighted by molar-refractivity contribution is 8.05. The van der Waals surface area contributed by atoms with Crippen molar-refractivity contribution in [2.24, 2.45) is 0 Å². The molecular formula is C22H26N3O3S+. The van der Waals surface area contributed by atoms with Gasteiger partial charge < -0.3 is 15.0 Å². The molecule has 0 radical (unpaired) electrons. The number of benzene rings is 1. The van der Waals surface area contributed by atoms with Gasteiger partial charge in [0.2, 0.25) is 5.71 Å².